The van der Waals surface area contributed by atoms with Gasteiger partial charge < -0.3 is 14.2 Å². The molecular formula is C16H20ClFN4O2S. The van der Waals surface area contributed by atoms with Gasteiger partial charge in [-0.1, -0.05) is 29.4 Å². The van der Waals surface area contributed by atoms with Crippen molar-refractivity contribution in [2.75, 3.05) is 26.5 Å². The quantitative estimate of drug-likeness (QED) is 0.490. The van der Waals surface area contributed by atoms with Gasteiger partial charge in [0.2, 0.25) is 5.91 Å². The Morgan fingerprint density at radius 3 is 3.00 bits per heavy atom. The fourth-order valence-electron chi connectivity index (χ4n) is 2.13. The van der Waals surface area contributed by atoms with Crippen molar-refractivity contribution in [3.05, 3.63) is 40.9 Å². The number of ether oxygens (including phenoxy) is 1. The molecule has 1 amide bonds. The molecule has 0 atom stereocenters. The minimum absolute atomic E-state index is 0.116. The second-order valence-electron chi connectivity index (χ2n) is 5.39. The Balaban J connectivity index is 1.89. The summed E-state index contributed by atoms with van der Waals surface area (Å²) in [4.78, 5) is 13.7. The average molecular weight is 387 g/mol. The normalized spacial score (nSPS) is 10.9. The molecule has 1 aromatic carbocycles. The van der Waals surface area contributed by atoms with Crippen LogP contribution in [0.5, 0.6) is 0 Å². The monoisotopic (exact) mass is 386 g/mol. The van der Waals surface area contributed by atoms with Crippen LogP contribution in [0.3, 0.4) is 0 Å². The van der Waals surface area contributed by atoms with Crippen molar-refractivity contribution in [1.29, 1.82) is 0 Å². The van der Waals surface area contributed by atoms with Gasteiger partial charge in [-0.3, -0.25) is 4.79 Å². The van der Waals surface area contributed by atoms with Crippen molar-refractivity contribution in [2.24, 2.45) is 0 Å². The molecule has 0 unspecified atom stereocenters. The van der Waals surface area contributed by atoms with E-state index in [0.717, 1.165) is 13.0 Å². The first-order valence-electron chi connectivity index (χ1n) is 7.69. The van der Waals surface area contributed by atoms with Crippen LogP contribution in [0.25, 0.3) is 0 Å². The van der Waals surface area contributed by atoms with Gasteiger partial charge in [0.25, 0.3) is 0 Å². The van der Waals surface area contributed by atoms with E-state index in [1.54, 1.807) is 26.6 Å². The highest BCUT2D eigenvalue weighted by molar-refractivity contribution is 7.99. The van der Waals surface area contributed by atoms with Crippen LogP contribution < -0.4 is 0 Å². The van der Waals surface area contributed by atoms with Gasteiger partial charge >= 0.3 is 0 Å². The van der Waals surface area contributed by atoms with Gasteiger partial charge in [0.1, 0.15) is 12.1 Å². The summed E-state index contributed by atoms with van der Waals surface area (Å²) in [5.41, 5.74) is 0.313. The van der Waals surface area contributed by atoms with Crippen molar-refractivity contribution < 1.29 is 13.9 Å². The highest BCUT2D eigenvalue weighted by atomic mass is 35.5. The summed E-state index contributed by atoms with van der Waals surface area (Å²) in [6, 6.07) is 4.47. The molecule has 2 aromatic rings. The molecule has 9 heteroatoms. The molecule has 0 spiro atoms. The first-order valence-corrected chi connectivity index (χ1v) is 9.05. The molecule has 0 N–H and O–H groups in total. The maximum absolute atomic E-state index is 13.8. The predicted octanol–water partition coefficient (Wildman–Crippen LogP) is 2.86. The second kappa shape index (κ2) is 9.74. The van der Waals surface area contributed by atoms with Crippen molar-refractivity contribution in [3.63, 3.8) is 0 Å². The van der Waals surface area contributed by atoms with Gasteiger partial charge in [0, 0.05) is 44.4 Å². The number of carbonyl (C=O) groups excluding carboxylic acids is 1. The van der Waals surface area contributed by atoms with Crippen LogP contribution in [0.2, 0.25) is 5.02 Å². The fraction of sp³-hybridized carbons (Fsp3) is 0.438. The molecule has 0 fully saturated rings. The van der Waals surface area contributed by atoms with Gasteiger partial charge in [-0.25, -0.2) is 4.39 Å². The van der Waals surface area contributed by atoms with Crippen LogP contribution >= 0.6 is 23.4 Å². The predicted molar refractivity (Wildman–Crippen MR) is 95.1 cm³/mol. The lowest BCUT2D eigenvalue weighted by Gasteiger charge is -2.18. The number of aryl methyl sites for hydroxylation is 1. The van der Waals surface area contributed by atoms with Gasteiger partial charge in [-0.2, -0.15) is 0 Å². The van der Waals surface area contributed by atoms with Crippen LogP contribution in [0.4, 0.5) is 4.39 Å². The molecule has 1 heterocycles. The van der Waals surface area contributed by atoms with E-state index in [1.165, 1.54) is 28.8 Å². The van der Waals surface area contributed by atoms with Gasteiger partial charge in [0.15, 0.2) is 5.16 Å². The average Bonchev–Trinajstić information content (AvgIpc) is 3.03. The van der Waals surface area contributed by atoms with E-state index in [1.807, 2.05) is 4.57 Å². The van der Waals surface area contributed by atoms with E-state index in [0.29, 0.717) is 22.3 Å². The van der Waals surface area contributed by atoms with Crippen molar-refractivity contribution in [3.8, 4) is 0 Å². The van der Waals surface area contributed by atoms with E-state index in [4.69, 9.17) is 16.3 Å². The van der Waals surface area contributed by atoms with Crippen molar-refractivity contribution in [2.45, 2.75) is 24.7 Å². The molecule has 25 heavy (non-hydrogen) atoms. The minimum atomic E-state index is -0.419. The zero-order chi connectivity index (χ0) is 18.2. The molecule has 0 radical (unpaired) electrons. The summed E-state index contributed by atoms with van der Waals surface area (Å²) in [6.07, 6.45) is 2.47. The number of aromatic nitrogens is 3. The Labute approximate surface area is 155 Å². The van der Waals surface area contributed by atoms with Crippen LogP contribution in [0, 0.1) is 5.82 Å². The standard InChI is InChI=1S/C16H20ClFN4O2S/c1-21(9-12-13(17)5-3-6-14(12)18)15(23)10-25-16-20-19-11-22(16)7-4-8-24-2/h3,5-6,11H,4,7-10H2,1-2H3. The zero-order valence-corrected chi connectivity index (χ0v) is 15.7. The molecule has 0 saturated heterocycles. The van der Waals surface area contributed by atoms with Crippen LogP contribution in [0.15, 0.2) is 29.7 Å². The lowest BCUT2D eigenvalue weighted by molar-refractivity contribution is -0.127. The largest absolute Gasteiger partial charge is 0.385 e. The van der Waals surface area contributed by atoms with Crippen molar-refractivity contribution in [1.82, 2.24) is 19.7 Å². The Morgan fingerprint density at radius 2 is 2.28 bits per heavy atom. The third-order valence-corrected chi connectivity index (χ3v) is 4.85. The molecule has 0 aliphatic rings. The number of amides is 1. The lowest BCUT2D eigenvalue weighted by atomic mass is 10.2. The first-order chi connectivity index (χ1) is 12.0. The molecule has 0 aliphatic heterocycles. The van der Waals surface area contributed by atoms with E-state index in [2.05, 4.69) is 10.2 Å². The smallest absolute Gasteiger partial charge is 0.233 e. The molecular weight excluding hydrogens is 367 g/mol. The van der Waals surface area contributed by atoms with E-state index in [9.17, 15) is 9.18 Å². The number of hydrogen-bond acceptors (Lipinski definition) is 5. The van der Waals surface area contributed by atoms with Gasteiger partial charge in [-0.05, 0) is 18.6 Å². The third-order valence-electron chi connectivity index (χ3n) is 3.53. The zero-order valence-electron chi connectivity index (χ0n) is 14.1. The SMILES string of the molecule is COCCCn1cnnc1SCC(=O)N(C)Cc1c(F)cccc1Cl. The fourth-order valence-corrected chi connectivity index (χ4v) is 3.24. The topological polar surface area (TPSA) is 60.2 Å². The molecule has 0 saturated carbocycles. The summed E-state index contributed by atoms with van der Waals surface area (Å²) < 4.78 is 20.7. The number of nitrogens with zero attached hydrogens (tertiary/aromatic N) is 4. The Kier molecular flexibility index (Phi) is 7.67. The number of thioether (sulfide) groups is 1. The van der Waals surface area contributed by atoms with Crippen LogP contribution in [-0.2, 0) is 22.6 Å². The molecule has 136 valence electrons. The van der Waals surface area contributed by atoms with E-state index in [-0.39, 0.29) is 18.2 Å². The number of benzene rings is 1. The van der Waals surface area contributed by atoms with E-state index >= 15 is 0 Å². The molecule has 2 rings (SSSR count). The second-order valence-corrected chi connectivity index (χ2v) is 6.74. The number of halogens is 2. The van der Waals surface area contributed by atoms with Crippen LogP contribution in [0.1, 0.15) is 12.0 Å². The highest BCUT2D eigenvalue weighted by Crippen LogP contribution is 2.21. The first kappa shape index (κ1) is 19.7. The highest BCUT2D eigenvalue weighted by Gasteiger charge is 2.16. The summed E-state index contributed by atoms with van der Waals surface area (Å²) in [5.74, 6) is -0.376. The number of methoxy groups -OCH3 is 1. The maximum Gasteiger partial charge on any atom is 0.233 e. The Bertz CT molecular complexity index is 693. The number of hydrogen-bond donors (Lipinski definition) is 0. The summed E-state index contributed by atoms with van der Waals surface area (Å²) in [7, 11) is 3.27. The Morgan fingerprint density at radius 1 is 1.48 bits per heavy atom. The third kappa shape index (κ3) is 5.69. The summed E-state index contributed by atoms with van der Waals surface area (Å²) in [5, 5.41) is 8.87. The number of rotatable bonds is 9. The minimum Gasteiger partial charge on any atom is -0.385 e. The number of carbonyl (C=O) groups is 1. The summed E-state index contributed by atoms with van der Waals surface area (Å²) in [6.45, 7) is 1.48. The maximum atomic E-state index is 13.8. The molecule has 1 aromatic heterocycles. The molecule has 0 bridgehead atoms. The summed E-state index contributed by atoms with van der Waals surface area (Å²) >= 11 is 7.30. The molecule has 6 nitrogen and oxygen atoms in total. The van der Waals surface area contributed by atoms with Gasteiger partial charge in [0.05, 0.1) is 5.75 Å². The Hall–Kier alpha value is -1.64. The van der Waals surface area contributed by atoms with Crippen LogP contribution in [-0.4, -0.2) is 52.1 Å². The lowest BCUT2D eigenvalue weighted by Crippen LogP contribution is -2.28. The molecule has 0 aliphatic carbocycles. The van der Waals surface area contributed by atoms with Crippen molar-refractivity contribution >= 4 is 29.3 Å². The van der Waals surface area contributed by atoms with E-state index < -0.39 is 5.82 Å². The van der Waals surface area contributed by atoms with Gasteiger partial charge in [-0.15, -0.1) is 10.2 Å².